The van der Waals surface area contributed by atoms with E-state index < -0.39 is 18.0 Å². The standard InChI is InChI=1S/C16H17F3N4O/c1-11-14(20-21-23(11)13-7-3-2-4-8-13)15(24)22-9-5-6-12(10-22)16(17,18)19/h2-4,7-8,12H,5-6,9-10H2,1H3/t12-/m0/s1. The first-order chi connectivity index (χ1) is 11.4. The lowest BCUT2D eigenvalue weighted by molar-refractivity contribution is -0.184. The van der Waals surface area contributed by atoms with Gasteiger partial charge in [-0.2, -0.15) is 13.2 Å². The third kappa shape index (κ3) is 3.13. The van der Waals surface area contributed by atoms with Crippen LogP contribution in [0.25, 0.3) is 5.69 Å². The number of rotatable bonds is 2. The van der Waals surface area contributed by atoms with Crippen molar-refractivity contribution in [1.29, 1.82) is 0 Å². The number of hydrogen-bond acceptors (Lipinski definition) is 3. The highest BCUT2D eigenvalue weighted by molar-refractivity contribution is 5.93. The van der Waals surface area contributed by atoms with Crippen molar-refractivity contribution in [1.82, 2.24) is 19.9 Å². The second-order valence-electron chi connectivity index (χ2n) is 5.90. The van der Waals surface area contributed by atoms with Crippen molar-refractivity contribution >= 4 is 5.91 Å². The first-order valence-electron chi connectivity index (χ1n) is 7.71. The maximum Gasteiger partial charge on any atom is 0.393 e. The maximum absolute atomic E-state index is 12.9. The molecule has 0 saturated carbocycles. The van der Waals surface area contributed by atoms with E-state index in [-0.39, 0.29) is 18.7 Å². The lowest BCUT2D eigenvalue weighted by atomic mass is 9.97. The summed E-state index contributed by atoms with van der Waals surface area (Å²) in [6.45, 7) is 1.68. The van der Waals surface area contributed by atoms with Gasteiger partial charge in [-0.3, -0.25) is 4.79 Å². The molecule has 3 rings (SSSR count). The summed E-state index contributed by atoms with van der Waals surface area (Å²) in [5.41, 5.74) is 1.36. The van der Waals surface area contributed by atoms with Crippen molar-refractivity contribution in [2.75, 3.05) is 13.1 Å². The molecule has 0 N–H and O–H groups in total. The van der Waals surface area contributed by atoms with Gasteiger partial charge in [0, 0.05) is 13.1 Å². The molecule has 2 heterocycles. The highest BCUT2D eigenvalue weighted by Gasteiger charge is 2.43. The molecule has 1 aliphatic rings. The van der Waals surface area contributed by atoms with E-state index in [9.17, 15) is 18.0 Å². The second-order valence-corrected chi connectivity index (χ2v) is 5.90. The zero-order chi connectivity index (χ0) is 17.3. The van der Waals surface area contributed by atoms with Crippen LogP contribution in [0.5, 0.6) is 0 Å². The van der Waals surface area contributed by atoms with Crippen molar-refractivity contribution in [3.05, 3.63) is 41.7 Å². The van der Waals surface area contributed by atoms with Crippen molar-refractivity contribution in [2.45, 2.75) is 25.9 Å². The van der Waals surface area contributed by atoms with E-state index in [1.165, 1.54) is 9.58 Å². The first kappa shape index (κ1) is 16.5. The van der Waals surface area contributed by atoms with Gasteiger partial charge in [0.05, 0.1) is 17.3 Å². The molecule has 1 amide bonds. The molecule has 1 aromatic carbocycles. The van der Waals surface area contributed by atoms with E-state index in [0.717, 1.165) is 5.69 Å². The molecule has 1 saturated heterocycles. The largest absolute Gasteiger partial charge is 0.393 e. The summed E-state index contributed by atoms with van der Waals surface area (Å²) in [4.78, 5) is 13.8. The summed E-state index contributed by atoms with van der Waals surface area (Å²) in [6, 6.07) is 9.15. The molecule has 2 aromatic rings. The Labute approximate surface area is 137 Å². The number of hydrogen-bond donors (Lipinski definition) is 0. The smallest absolute Gasteiger partial charge is 0.337 e. The van der Waals surface area contributed by atoms with Crippen LogP contribution in [0.2, 0.25) is 0 Å². The summed E-state index contributed by atoms with van der Waals surface area (Å²) in [5.74, 6) is -1.97. The van der Waals surface area contributed by atoms with E-state index in [2.05, 4.69) is 10.3 Å². The third-order valence-electron chi connectivity index (χ3n) is 4.27. The molecule has 5 nitrogen and oxygen atoms in total. The van der Waals surface area contributed by atoms with Crippen molar-refractivity contribution in [3.63, 3.8) is 0 Å². The number of alkyl halides is 3. The quantitative estimate of drug-likeness (QED) is 0.846. The first-order valence-corrected chi connectivity index (χ1v) is 7.71. The number of nitrogens with zero attached hydrogens (tertiary/aromatic N) is 4. The molecular formula is C16H17F3N4O. The van der Waals surface area contributed by atoms with Crippen LogP contribution in [0, 0.1) is 12.8 Å². The van der Waals surface area contributed by atoms with E-state index in [1.54, 1.807) is 6.92 Å². The second kappa shape index (κ2) is 6.26. The topological polar surface area (TPSA) is 51.0 Å². The highest BCUT2D eigenvalue weighted by atomic mass is 19.4. The summed E-state index contributed by atoms with van der Waals surface area (Å²) in [7, 11) is 0. The minimum absolute atomic E-state index is 0.0585. The number of likely N-dealkylation sites (tertiary alicyclic amines) is 1. The van der Waals surface area contributed by atoms with Crippen molar-refractivity contribution in [3.8, 4) is 5.69 Å². The number of halogens is 3. The molecule has 1 aliphatic heterocycles. The Morgan fingerprint density at radius 1 is 1.25 bits per heavy atom. The van der Waals surface area contributed by atoms with E-state index in [0.29, 0.717) is 18.7 Å². The Morgan fingerprint density at radius 3 is 2.62 bits per heavy atom. The van der Waals surface area contributed by atoms with Crippen LogP contribution in [0.3, 0.4) is 0 Å². The number of piperidine rings is 1. The average Bonchev–Trinajstić information content (AvgIpc) is 2.96. The van der Waals surface area contributed by atoms with Gasteiger partial charge in [-0.25, -0.2) is 4.68 Å². The zero-order valence-electron chi connectivity index (χ0n) is 13.1. The highest BCUT2D eigenvalue weighted by Crippen LogP contribution is 2.33. The van der Waals surface area contributed by atoms with Gasteiger partial charge in [0.1, 0.15) is 0 Å². The van der Waals surface area contributed by atoms with Gasteiger partial charge in [0.25, 0.3) is 5.91 Å². The van der Waals surface area contributed by atoms with Gasteiger partial charge in [-0.1, -0.05) is 23.4 Å². The summed E-state index contributed by atoms with van der Waals surface area (Å²) in [5, 5.41) is 7.86. The van der Waals surface area contributed by atoms with Gasteiger partial charge in [-0.15, -0.1) is 5.10 Å². The fraction of sp³-hybridized carbons (Fsp3) is 0.438. The van der Waals surface area contributed by atoms with Crippen LogP contribution in [0.15, 0.2) is 30.3 Å². The Bertz CT molecular complexity index is 727. The normalized spacial score (nSPS) is 18.7. The molecule has 1 fully saturated rings. The van der Waals surface area contributed by atoms with Crippen LogP contribution >= 0.6 is 0 Å². The predicted molar refractivity (Wildman–Crippen MR) is 80.8 cm³/mol. The number of benzene rings is 1. The Balaban J connectivity index is 1.82. The molecule has 0 bridgehead atoms. The molecule has 0 unspecified atom stereocenters. The molecule has 1 aromatic heterocycles. The van der Waals surface area contributed by atoms with Gasteiger partial charge >= 0.3 is 6.18 Å². The molecule has 0 spiro atoms. The van der Waals surface area contributed by atoms with Gasteiger partial charge < -0.3 is 4.90 Å². The molecule has 0 aliphatic carbocycles. The number of carbonyl (C=O) groups is 1. The van der Waals surface area contributed by atoms with Gasteiger partial charge in [0.15, 0.2) is 5.69 Å². The van der Waals surface area contributed by atoms with Crippen LogP contribution in [-0.2, 0) is 0 Å². The van der Waals surface area contributed by atoms with E-state index in [4.69, 9.17) is 0 Å². The third-order valence-corrected chi connectivity index (χ3v) is 4.27. The minimum Gasteiger partial charge on any atom is -0.337 e. The predicted octanol–water partition coefficient (Wildman–Crippen LogP) is 2.99. The summed E-state index contributed by atoms with van der Waals surface area (Å²) >= 11 is 0. The molecule has 128 valence electrons. The van der Waals surface area contributed by atoms with E-state index in [1.807, 2.05) is 30.3 Å². The lowest BCUT2D eigenvalue weighted by Crippen LogP contribution is -2.44. The lowest BCUT2D eigenvalue weighted by Gasteiger charge is -2.33. The maximum atomic E-state index is 12.9. The van der Waals surface area contributed by atoms with Gasteiger partial charge in [-0.05, 0) is 31.9 Å². The molecular weight excluding hydrogens is 321 g/mol. The fourth-order valence-electron chi connectivity index (χ4n) is 2.92. The monoisotopic (exact) mass is 338 g/mol. The SMILES string of the molecule is Cc1c(C(=O)N2CCC[C@H](C(F)(F)F)C2)nnn1-c1ccccc1. The van der Waals surface area contributed by atoms with Crippen LogP contribution < -0.4 is 0 Å². The van der Waals surface area contributed by atoms with Crippen LogP contribution in [-0.4, -0.2) is 45.1 Å². The zero-order valence-corrected chi connectivity index (χ0v) is 13.1. The van der Waals surface area contributed by atoms with Crippen molar-refractivity contribution < 1.29 is 18.0 Å². The summed E-state index contributed by atoms with van der Waals surface area (Å²) < 4.78 is 40.3. The van der Waals surface area contributed by atoms with Crippen LogP contribution in [0.1, 0.15) is 29.0 Å². The fourth-order valence-corrected chi connectivity index (χ4v) is 2.92. The Morgan fingerprint density at radius 2 is 1.96 bits per heavy atom. The van der Waals surface area contributed by atoms with Crippen molar-refractivity contribution in [2.24, 2.45) is 5.92 Å². The number of amides is 1. The number of para-hydroxylation sites is 1. The number of carbonyl (C=O) groups excluding carboxylic acids is 1. The van der Waals surface area contributed by atoms with Gasteiger partial charge in [0.2, 0.25) is 0 Å². The molecule has 24 heavy (non-hydrogen) atoms. The molecule has 1 atom stereocenters. The Hall–Kier alpha value is -2.38. The van der Waals surface area contributed by atoms with E-state index >= 15 is 0 Å². The average molecular weight is 338 g/mol. The number of aromatic nitrogens is 3. The molecule has 8 heteroatoms. The Kier molecular flexibility index (Phi) is 4.29. The van der Waals surface area contributed by atoms with Crippen LogP contribution in [0.4, 0.5) is 13.2 Å². The summed E-state index contributed by atoms with van der Waals surface area (Å²) in [6.07, 6.45) is -3.89. The minimum atomic E-state index is -4.28. The molecule has 0 radical (unpaired) electrons.